The van der Waals surface area contributed by atoms with E-state index in [0.717, 1.165) is 23.7 Å². The van der Waals surface area contributed by atoms with Crippen LogP contribution in [-0.2, 0) is 16.4 Å². The highest BCUT2D eigenvalue weighted by atomic mass is 32.2. The number of aromatic nitrogens is 2. The Morgan fingerprint density at radius 1 is 1.12 bits per heavy atom. The third kappa shape index (κ3) is 3.41. The minimum Gasteiger partial charge on any atom is -0.310 e. The van der Waals surface area contributed by atoms with Gasteiger partial charge in [-0.1, -0.05) is 31.2 Å². The summed E-state index contributed by atoms with van der Waals surface area (Å²) in [6, 6.07) is 13.8. The molecule has 3 aromatic rings. The molecule has 0 bridgehead atoms. The summed E-state index contributed by atoms with van der Waals surface area (Å²) in [5.41, 5.74) is 1.82. The highest BCUT2D eigenvalue weighted by Gasteiger charge is 2.20. The summed E-state index contributed by atoms with van der Waals surface area (Å²) >= 11 is 0. The van der Waals surface area contributed by atoms with Crippen LogP contribution in [0.1, 0.15) is 23.7 Å². The molecule has 0 radical (unpaired) electrons. The van der Waals surface area contributed by atoms with Crippen LogP contribution in [0.4, 0.5) is 5.95 Å². The van der Waals surface area contributed by atoms with Gasteiger partial charge >= 0.3 is 0 Å². The molecule has 1 amide bonds. The van der Waals surface area contributed by atoms with E-state index in [4.69, 9.17) is 0 Å². The van der Waals surface area contributed by atoms with Gasteiger partial charge < -0.3 is 4.57 Å². The summed E-state index contributed by atoms with van der Waals surface area (Å²) in [6.45, 7) is 2.74. The molecule has 0 atom stereocenters. The summed E-state index contributed by atoms with van der Waals surface area (Å²) in [5.74, 6) is -0.0787. The second kappa shape index (κ2) is 6.68. The lowest BCUT2D eigenvalue weighted by molar-refractivity contribution is 0.102. The first-order valence-electron chi connectivity index (χ1n) is 7.97. The Bertz CT molecular complexity index is 1040. The van der Waals surface area contributed by atoms with Crippen LogP contribution in [0.5, 0.6) is 0 Å². The molecule has 3 rings (SSSR count). The number of carbonyl (C=O) groups excluding carboxylic acids is 1. The second-order valence-electron chi connectivity index (χ2n) is 5.80. The van der Waals surface area contributed by atoms with Crippen molar-refractivity contribution in [2.75, 3.05) is 11.6 Å². The van der Waals surface area contributed by atoms with Crippen LogP contribution in [-0.4, -0.2) is 30.1 Å². The van der Waals surface area contributed by atoms with Crippen molar-refractivity contribution >= 4 is 32.7 Å². The van der Waals surface area contributed by atoms with E-state index in [1.165, 1.54) is 12.1 Å². The number of rotatable bonds is 5. The number of nitrogens with zero attached hydrogens (tertiary/aromatic N) is 2. The van der Waals surface area contributed by atoms with E-state index in [1.54, 1.807) is 12.1 Å². The van der Waals surface area contributed by atoms with Crippen molar-refractivity contribution in [3.05, 3.63) is 54.1 Å². The van der Waals surface area contributed by atoms with E-state index in [1.807, 2.05) is 35.8 Å². The van der Waals surface area contributed by atoms with Crippen molar-refractivity contribution in [3.63, 3.8) is 0 Å². The standard InChI is InChI=1S/C18H19N3O3S/c1-3-12-21-15-10-6-5-9-14(15)19-18(21)20-17(22)13-8-4-7-11-16(13)25(2,23)24/h4-11H,3,12H2,1-2H3,(H,19,20,22). The van der Waals surface area contributed by atoms with Crippen molar-refractivity contribution in [1.29, 1.82) is 0 Å². The summed E-state index contributed by atoms with van der Waals surface area (Å²) in [5, 5.41) is 2.76. The first-order chi connectivity index (χ1) is 11.9. The van der Waals surface area contributed by atoms with E-state index in [-0.39, 0.29) is 10.5 Å². The smallest absolute Gasteiger partial charge is 0.259 e. The van der Waals surface area contributed by atoms with Crippen LogP contribution < -0.4 is 5.32 Å². The van der Waals surface area contributed by atoms with Gasteiger partial charge in [0.1, 0.15) is 0 Å². The van der Waals surface area contributed by atoms with E-state index < -0.39 is 15.7 Å². The number of aryl methyl sites for hydroxylation is 1. The molecule has 2 aromatic carbocycles. The van der Waals surface area contributed by atoms with Gasteiger partial charge in [0.25, 0.3) is 5.91 Å². The molecule has 0 aliphatic carbocycles. The van der Waals surface area contributed by atoms with Crippen LogP contribution in [0, 0.1) is 0 Å². The average Bonchev–Trinajstić information content (AvgIpc) is 2.92. The van der Waals surface area contributed by atoms with Gasteiger partial charge in [0.05, 0.1) is 21.5 Å². The molecular formula is C18H19N3O3S. The molecular weight excluding hydrogens is 338 g/mol. The summed E-state index contributed by atoms with van der Waals surface area (Å²) in [7, 11) is -3.50. The molecule has 130 valence electrons. The normalized spacial score (nSPS) is 11.6. The summed E-state index contributed by atoms with van der Waals surface area (Å²) in [6.07, 6.45) is 1.97. The molecule has 25 heavy (non-hydrogen) atoms. The predicted octanol–water partition coefficient (Wildman–Crippen LogP) is 3.10. The van der Waals surface area contributed by atoms with Crippen LogP contribution in [0.15, 0.2) is 53.4 Å². The zero-order valence-electron chi connectivity index (χ0n) is 14.1. The Hall–Kier alpha value is -2.67. The van der Waals surface area contributed by atoms with Gasteiger partial charge in [0, 0.05) is 12.8 Å². The Morgan fingerprint density at radius 2 is 1.80 bits per heavy atom. The number of imidazole rings is 1. The number of hydrogen-bond acceptors (Lipinski definition) is 4. The largest absolute Gasteiger partial charge is 0.310 e. The molecule has 0 saturated heterocycles. The Kier molecular flexibility index (Phi) is 4.59. The molecule has 1 N–H and O–H groups in total. The van der Waals surface area contributed by atoms with Crippen LogP contribution in [0.3, 0.4) is 0 Å². The van der Waals surface area contributed by atoms with Crippen molar-refractivity contribution in [2.24, 2.45) is 0 Å². The number of hydrogen-bond donors (Lipinski definition) is 1. The first-order valence-corrected chi connectivity index (χ1v) is 9.86. The zero-order chi connectivity index (χ0) is 18.0. The lowest BCUT2D eigenvalue weighted by Crippen LogP contribution is -2.18. The first kappa shape index (κ1) is 17.2. The Morgan fingerprint density at radius 3 is 2.52 bits per heavy atom. The second-order valence-corrected chi connectivity index (χ2v) is 7.78. The fraction of sp³-hybridized carbons (Fsp3) is 0.222. The van der Waals surface area contributed by atoms with Crippen molar-refractivity contribution in [3.8, 4) is 0 Å². The summed E-state index contributed by atoms with van der Waals surface area (Å²) in [4.78, 5) is 17.2. The number of benzene rings is 2. The van der Waals surface area contributed by atoms with E-state index >= 15 is 0 Å². The minimum absolute atomic E-state index is 0.00523. The lowest BCUT2D eigenvalue weighted by atomic mass is 10.2. The fourth-order valence-corrected chi connectivity index (χ4v) is 3.65. The molecule has 0 aliphatic heterocycles. The molecule has 0 unspecified atom stereocenters. The van der Waals surface area contributed by atoms with Gasteiger partial charge in [-0.2, -0.15) is 0 Å². The molecule has 7 heteroatoms. The summed E-state index contributed by atoms with van der Waals surface area (Å²) < 4.78 is 25.8. The maximum absolute atomic E-state index is 12.7. The minimum atomic E-state index is -3.50. The molecule has 6 nitrogen and oxygen atoms in total. The number of anilines is 1. The maximum atomic E-state index is 12.7. The monoisotopic (exact) mass is 357 g/mol. The molecule has 0 spiro atoms. The van der Waals surface area contributed by atoms with E-state index in [0.29, 0.717) is 12.5 Å². The molecule has 0 saturated carbocycles. The number of sulfone groups is 1. The van der Waals surface area contributed by atoms with Gasteiger partial charge in [-0.05, 0) is 30.7 Å². The predicted molar refractivity (Wildman–Crippen MR) is 97.5 cm³/mol. The number of para-hydroxylation sites is 2. The average molecular weight is 357 g/mol. The van der Waals surface area contributed by atoms with E-state index in [9.17, 15) is 13.2 Å². The highest BCUT2D eigenvalue weighted by molar-refractivity contribution is 7.90. The number of carbonyl (C=O) groups is 1. The SMILES string of the molecule is CCCn1c(NC(=O)c2ccccc2S(C)(=O)=O)nc2ccccc21. The Labute approximate surface area is 146 Å². The molecule has 1 heterocycles. The maximum Gasteiger partial charge on any atom is 0.259 e. The third-order valence-electron chi connectivity index (χ3n) is 3.86. The van der Waals surface area contributed by atoms with Crippen molar-refractivity contribution in [1.82, 2.24) is 9.55 Å². The van der Waals surface area contributed by atoms with Crippen LogP contribution in [0.2, 0.25) is 0 Å². The van der Waals surface area contributed by atoms with Gasteiger partial charge in [0.15, 0.2) is 9.84 Å². The lowest BCUT2D eigenvalue weighted by Gasteiger charge is -2.11. The topological polar surface area (TPSA) is 81.1 Å². The third-order valence-corrected chi connectivity index (χ3v) is 5.01. The zero-order valence-corrected chi connectivity index (χ0v) is 14.9. The van der Waals surface area contributed by atoms with Gasteiger partial charge in [0.2, 0.25) is 5.95 Å². The number of fused-ring (bicyclic) bond motifs is 1. The van der Waals surface area contributed by atoms with Gasteiger partial charge in [-0.15, -0.1) is 0 Å². The molecule has 1 aromatic heterocycles. The van der Waals surface area contributed by atoms with Gasteiger partial charge in [-0.25, -0.2) is 13.4 Å². The number of nitrogens with one attached hydrogen (secondary N) is 1. The Balaban J connectivity index is 2.03. The van der Waals surface area contributed by atoms with Crippen molar-refractivity contribution in [2.45, 2.75) is 24.8 Å². The van der Waals surface area contributed by atoms with Crippen LogP contribution in [0.25, 0.3) is 11.0 Å². The molecule has 0 aliphatic rings. The fourth-order valence-electron chi connectivity index (χ4n) is 2.77. The highest BCUT2D eigenvalue weighted by Crippen LogP contribution is 2.22. The number of amides is 1. The van der Waals surface area contributed by atoms with Gasteiger partial charge in [-0.3, -0.25) is 10.1 Å². The molecule has 0 fully saturated rings. The van der Waals surface area contributed by atoms with E-state index in [2.05, 4.69) is 10.3 Å². The quantitative estimate of drug-likeness (QED) is 0.761. The van der Waals surface area contributed by atoms with Crippen LogP contribution >= 0.6 is 0 Å². The van der Waals surface area contributed by atoms with Crippen molar-refractivity contribution < 1.29 is 13.2 Å².